The van der Waals surface area contributed by atoms with Gasteiger partial charge in [-0.1, -0.05) is 39.8 Å². The number of nitrogens with zero attached hydrogens (tertiary/aromatic N) is 1. The molecule has 1 aliphatic heterocycles. The standard InChI is InChI=1S/C18H30N2O2S/c1-5-19-14-15-10-12-20(13-11-15)23(21,22)17-8-6-16(7-9-17)18(2,3)4/h6-9,15,19H,5,10-14H2,1-4H3. The third-order valence-electron chi connectivity index (χ3n) is 4.61. The molecule has 130 valence electrons. The zero-order valence-electron chi connectivity index (χ0n) is 14.8. The summed E-state index contributed by atoms with van der Waals surface area (Å²) in [4.78, 5) is 0.413. The third kappa shape index (κ3) is 4.55. The molecule has 0 spiro atoms. The lowest BCUT2D eigenvalue weighted by Gasteiger charge is -2.31. The number of sulfonamides is 1. The van der Waals surface area contributed by atoms with Crippen molar-refractivity contribution < 1.29 is 8.42 Å². The average Bonchev–Trinajstić information content (AvgIpc) is 2.52. The molecule has 0 amide bonds. The van der Waals surface area contributed by atoms with Crippen LogP contribution in [0.25, 0.3) is 0 Å². The molecule has 23 heavy (non-hydrogen) atoms. The number of piperidine rings is 1. The van der Waals surface area contributed by atoms with E-state index in [4.69, 9.17) is 0 Å². The van der Waals surface area contributed by atoms with Gasteiger partial charge in [-0.15, -0.1) is 0 Å². The molecule has 0 bridgehead atoms. The van der Waals surface area contributed by atoms with Crippen LogP contribution in [0.1, 0.15) is 46.1 Å². The second-order valence-electron chi connectivity index (χ2n) is 7.43. The molecule has 0 atom stereocenters. The maximum atomic E-state index is 12.8. The van der Waals surface area contributed by atoms with Gasteiger partial charge in [-0.2, -0.15) is 4.31 Å². The van der Waals surface area contributed by atoms with Crippen molar-refractivity contribution in [3.63, 3.8) is 0 Å². The van der Waals surface area contributed by atoms with E-state index in [9.17, 15) is 8.42 Å². The van der Waals surface area contributed by atoms with Crippen LogP contribution in [0.4, 0.5) is 0 Å². The molecule has 0 aliphatic carbocycles. The molecule has 2 rings (SSSR count). The highest BCUT2D eigenvalue weighted by Gasteiger charge is 2.29. The lowest BCUT2D eigenvalue weighted by Crippen LogP contribution is -2.40. The Morgan fingerprint density at radius 3 is 2.17 bits per heavy atom. The van der Waals surface area contributed by atoms with Gasteiger partial charge in [0.15, 0.2) is 0 Å². The van der Waals surface area contributed by atoms with E-state index in [1.54, 1.807) is 16.4 Å². The Morgan fingerprint density at radius 1 is 1.13 bits per heavy atom. The molecule has 4 nitrogen and oxygen atoms in total. The van der Waals surface area contributed by atoms with Gasteiger partial charge in [0.25, 0.3) is 0 Å². The van der Waals surface area contributed by atoms with Crippen molar-refractivity contribution in [2.24, 2.45) is 5.92 Å². The number of hydrogen-bond acceptors (Lipinski definition) is 3. The van der Waals surface area contributed by atoms with Crippen molar-refractivity contribution in [2.45, 2.75) is 50.8 Å². The highest BCUT2D eigenvalue weighted by atomic mass is 32.2. The summed E-state index contributed by atoms with van der Waals surface area (Å²) < 4.78 is 27.2. The molecule has 1 aromatic carbocycles. The molecule has 0 saturated carbocycles. The minimum atomic E-state index is -3.36. The number of benzene rings is 1. The molecule has 0 radical (unpaired) electrons. The van der Waals surface area contributed by atoms with Gasteiger partial charge in [0.05, 0.1) is 4.90 Å². The van der Waals surface area contributed by atoms with Gasteiger partial charge >= 0.3 is 0 Å². The normalized spacial score (nSPS) is 18.3. The van der Waals surface area contributed by atoms with Crippen molar-refractivity contribution in [1.82, 2.24) is 9.62 Å². The molecule has 1 heterocycles. The van der Waals surface area contributed by atoms with Crippen molar-refractivity contribution in [2.75, 3.05) is 26.2 Å². The Kier molecular flexibility index (Phi) is 5.87. The maximum Gasteiger partial charge on any atom is 0.243 e. The molecule has 0 unspecified atom stereocenters. The Bertz CT molecular complexity index is 595. The van der Waals surface area contributed by atoms with Gasteiger partial charge < -0.3 is 5.32 Å². The topological polar surface area (TPSA) is 49.4 Å². The Morgan fingerprint density at radius 2 is 1.70 bits per heavy atom. The van der Waals surface area contributed by atoms with Gasteiger partial charge in [0.1, 0.15) is 0 Å². The molecular formula is C18H30N2O2S. The van der Waals surface area contributed by atoms with E-state index in [1.807, 2.05) is 12.1 Å². The summed E-state index contributed by atoms with van der Waals surface area (Å²) in [5, 5.41) is 3.36. The maximum absolute atomic E-state index is 12.8. The minimum absolute atomic E-state index is 0.0346. The van der Waals surface area contributed by atoms with E-state index in [0.29, 0.717) is 23.9 Å². The average molecular weight is 339 g/mol. The molecular weight excluding hydrogens is 308 g/mol. The fraction of sp³-hybridized carbons (Fsp3) is 0.667. The second kappa shape index (κ2) is 7.32. The molecule has 5 heteroatoms. The fourth-order valence-corrected chi connectivity index (χ4v) is 4.45. The van der Waals surface area contributed by atoms with Crippen molar-refractivity contribution >= 4 is 10.0 Å². The van der Waals surface area contributed by atoms with Crippen molar-refractivity contribution in [3.8, 4) is 0 Å². The van der Waals surface area contributed by atoms with E-state index in [2.05, 4.69) is 33.0 Å². The molecule has 0 aromatic heterocycles. The van der Waals surface area contributed by atoms with Crippen LogP contribution in [-0.2, 0) is 15.4 Å². The van der Waals surface area contributed by atoms with Gasteiger partial charge in [-0.25, -0.2) is 8.42 Å². The molecule has 1 N–H and O–H groups in total. The minimum Gasteiger partial charge on any atom is -0.317 e. The molecule has 1 aromatic rings. The monoisotopic (exact) mass is 338 g/mol. The number of rotatable bonds is 5. The lowest BCUT2D eigenvalue weighted by atomic mass is 9.87. The Labute approximate surface area is 141 Å². The third-order valence-corrected chi connectivity index (χ3v) is 6.53. The second-order valence-corrected chi connectivity index (χ2v) is 9.37. The molecule has 1 saturated heterocycles. The van der Waals surface area contributed by atoms with Gasteiger partial charge in [0.2, 0.25) is 10.0 Å². The zero-order valence-corrected chi connectivity index (χ0v) is 15.6. The van der Waals surface area contributed by atoms with Gasteiger partial charge in [-0.3, -0.25) is 0 Å². The largest absolute Gasteiger partial charge is 0.317 e. The number of nitrogens with one attached hydrogen (secondary N) is 1. The van der Waals surface area contributed by atoms with Crippen LogP contribution in [0.5, 0.6) is 0 Å². The summed E-state index contributed by atoms with van der Waals surface area (Å²) in [7, 11) is -3.36. The van der Waals surface area contributed by atoms with Crippen molar-refractivity contribution in [1.29, 1.82) is 0 Å². The number of hydrogen-bond donors (Lipinski definition) is 1. The summed E-state index contributed by atoms with van der Waals surface area (Å²) >= 11 is 0. The highest BCUT2D eigenvalue weighted by Crippen LogP contribution is 2.26. The van der Waals surface area contributed by atoms with Crippen LogP contribution >= 0.6 is 0 Å². The first-order valence-electron chi connectivity index (χ1n) is 8.56. The summed E-state index contributed by atoms with van der Waals surface area (Å²) in [6.07, 6.45) is 1.87. The van der Waals surface area contributed by atoms with Crippen LogP contribution in [-0.4, -0.2) is 38.9 Å². The zero-order chi connectivity index (χ0) is 17.1. The summed E-state index contributed by atoms with van der Waals surface area (Å²) in [6, 6.07) is 7.37. The first-order chi connectivity index (χ1) is 10.7. The van der Waals surface area contributed by atoms with Gasteiger partial charge in [-0.05, 0) is 55.0 Å². The quantitative estimate of drug-likeness (QED) is 0.898. The highest BCUT2D eigenvalue weighted by molar-refractivity contribution is 7.89. The van der Waals surface area contributed by atoms with Crippen LogP contribution < -0.4 is 5.32 Å². The molecule has 1 fully saturated rings. The van der Waals surface area contributed by atoms with Crippen LogP contribution in [0.3, 0.4) is 0 Å². The SMILES string of the molecule is CCNCC1CCN(S(=O)(=O)c2ccc(C(C)(C)C)cc2)CC1. The molecule has 1 aliphatic rings. The van der Waals surface area contributed by atoms with E-state index in [-0.39, 0.29) is 5.41 Å². The van der Waals surface area contributed by atoms with E-state index in [0.717, 1.165) is 31.5 Å². The first-order valence-corrected chi connectivity index (χ1v) is 10.0. The first kappa shape index (κ1) is 18.4. The van der Waals surface area contributed by atoms with E-state index >= 15 is 0 Å². The Hall–Kier alpha value is -0.910. The summed E-state index contributed by atoms with van der Waals surface area (Å²) in [6.45, 7) is 11.7. The predicted octanol–water partition coefficient (Wildman–Crippen LogP) is 2.99. The predicted molar refractivity (Wildman–Crippen MR) is 95.2 cm³/mol. The van der Waals surface area contributed by atoms with Crippen LogP contribution in [0.2, 0.25) is 0 Å². The summed E-state index contributed by atoms with van der Waals surface area (Å²) in [5.74, 6) is 0.588. The lowest BCUT2D eigenvalue weighted by molar-refractivity contribution is 0.268. The fourth-order valence-electron chi connectivity index (χ4n) is 2.98. The van der Waals surface area contributed by atoms with Crippen molar-refractivity contribution in [3.05, 3.63) is 29.8 Å². The van der Waals surface area contributed by atoms with E-state index < -0.39 is 10.0 Å². The summed E-state index contributed by atoms with van der Waals surface area (Å²) in [5.41, 5.74) is 1.19. The van der Waals surface area contributed by atoms with Crippen LogP contribution in [0.15, 0.2) is 29.2 Å². The van der Waals surface area contributed by atoms with E-state index in [1.165, 1.54) is 0 Å². The Balaban J connectivity index is 2.05. The smallest absolute Gasteiger partial charge is 0.243 e. The van der Waals surface area contributed by atoms with Crippen LogP contribution in [0, 0.1) is 5.92 Å². The van der Waals surface area contributed by atoms with Gasteiger partial charge in [0, 0.05) is 13.1 Å².